The lowest BCUT2D eigenvalue weighted by atomic mass is 10.1. The van der Waals surface area contributed by atoms with Crippen LogP contribution in [0.5, 0.6) is 17.8 Å². The molecule has 0 fully saturated rings. The lowest BCUT2D eigenvalue weighted by Crippen LogP contribution is -2.11. The van der Waals surface area contributed by atoms with Crippen LogP contribution in [0.25, 0.3) is 0 Å². The number of aromatic nitrogens is 3. The number of benzene rings is 1. The van der Waals surface area contributed by atoms with Gasteiger partial charge in [0.05, 0.1) is 6.10 Å². The first-order valence-corrected chi connectivity index (χ1v) is 6.38. The Morgan fingerprint density at radius 2 is 1.75 bits per heavy atom. The summed E-state index contributed by atoms with van der Waals surface area (Å²) in [7, 11) is 0. The van der Waals surface area contributed by atoms with Gasteiger partial charge in [0.2, 0.25) is 5.95 Å². The maximum atomic E-state index is 5.67. The maximum absolute atomic E-state index is 5.67. The standard InChI is InChI=1S/C14H18N4O2/c1-8(2)19-13-16-12(15)17-14(18-13)20-11-7-5-6-9(3)10(11)4/h5-8H,1-4H3,(H2,15,16,17,18). The Morgan fingerprint density at radius 3 is 2.45 bits per heavy atom. The van der Waals surface area contributed by atoms with E-state index in [4.69, 9.17) is 15.2 Å². The van der Waals surface area contributed by atoms with Crippen LogP contribution < -0.4 is 15.2 Å². The van der Waals surface area contributed by atoms with Crippen molar-refractivity contribution in [3.05, 3.63) is 29.3 Å². The minimum atomic E-state index is -0.0506. The Balaban J connectivity index is 2.29. The molecule has 0 aliphatic rings. The molecule has 1 aromatic carbocycles. The Morgan fingerprint density at radius 1 is 1.05 bits per heavy atom. The maximum Gasteiger partial charge on any atom is 0.330 e. The van der Waals surface area contributed by atoms with Crippen LogP contribution in [-0.2, 0) is 0 Å². The molecular formula is C14H18N4O2. The van der Waals surface area contributed by atoms with E-state index in [1.54, 1.807) is 0 Å². The van der Waals surface area contributed by atoms with Gasteiger partial charge in [-0.3, -0.25) is 0 Å². The van der Waals surface area contributed by atoms with Gasteiger partial charge >= 0.3 is 12.0 Å². The lowest BCUT2D eigenvalue weighted by Gasteiger charge is -2.11. The highest BCUT2D eigenvalue weighted by Gasteiger charge is 2.10. The van der Waals surface area contributed by atoms with E-state index < -0.39 is 0 Å². The highest BCUT2D eigenvalue weighted by atomic mass is 16.5. The van der Waals surface area contributed by atoms with Crippen molar-refractivity contribution in [2.45, 2.75) is 33.8 Å². The van der Waals surface area contributed by atoms with Crippen molar-refractivity contribution < 1.29 is 9.47 Å². The van der Waals surface area contributed by atoms with Crippen LogP contribution >= 0.6 is 0 Å². The quantitative estimate of drug-likeness (QED) is 0.922. The van der Waals surface area contributed by atoms with Crippen LogP contribution in [0.1, 0.15) is 25.0 Å². The van der Waals surface area contributed by atoms with Crippen LogP contribution in [0.3, 0.4) is 0 Å². The smallest absolute Gasteiger partial charge is 0.330 e. The number of nitrogens with two attached hydrogens (primary N) is 1. The number of aryl methyl sites for hydroxylation is 1. The first-order valence-electron chi connectivity index (χ1n) is 6.38. The summed E-state index contributed by atoms with van der Waals surface area (Å²) < 4.78 is 11.1. The summed E-state index contributed by atoms with van der Waals surface area (Å²) >= 11 is 0. The van der Waals surface area contributed by atoms with Gasteiger partial charge in [0.25, 0.3) is 0 Å². The first-order chi connectivity index (χ1) is 9.45. The number of rotatable bonds is 4. The molecule has 6 nitrogen and oxygen atoms in total. The summed E-state index contributed by atoms with van der Waals surface area (Å²) in [6.45, 7) is 7.74. The molecule has 0 amide bonds. The zero-order chi connectivity index (χ0) is 14.7. The predicted molar refractivity (Wildman–Crippen MR) is 76.0 cm³/mol. The zero-order valence-electron chi connectivity index (χ0n) is 12.0. The van der Waals surface area contributed by atoms with Gasteiger partial charge < -0.3 is 15.2 Å². The molecule has 1 heterocycles. The number of nitrogens with zero attached hydrogens (tertiary/aromatic N) is 3. The van der Waals surface area contributed by atoms with Gasteiger partial charge in [-0.25, -0.2) is 0 Å². The van der Waals surface area contributed by atoms with E-state index >= 15 is 0 Å². The van der Waals surface area contributed by atoms with Gasteiger partial charge in [0.1, 0.15) is 5.75 Å². The molecule has 0 aliphatic heterocycles. The second kappa shape index (κ2) is 5.73. The second-order valence-electron chi connectivity index (χ2n) is 4.73. The summed E-state index contributed by atoms with van der Waals surface area (Å²) in [5.74, 6) is 0.752. The highest BCUT2D eigenvalue weighted by Crippen LogP contribution is 2.25. The van der Waals surface area contributed by atoms with Crippen LogP contribution in [0.2, 0.25) is 0 Å². The largest absolute Gasteiger partial charge is 0.461 e. The monoisotopic (exact) mass is 274 g/mol. The normalized spacial score (nSPS) is 10.7. The van der Waals surface area contributed by atoms with Crippen molar-refractivity contribution in [3.63, 3.8) is 0 Å². The SMILES string of the molecule is Cc1cccc(Oc2nc(N)nc(OC(C)C)n2)c1C. The molecule has 106 valence electrons. The Hall–Kier alpha value is -2.37. The van der Waals surface area contributed by atoms with Crippen molar-refractivity contribution in [1.82, 2.24) is 15.0 Å². The van der Waals surface area contributed by atoms with E-state index in [1.807, 2.05) is 45.9 Å². The summed E-state index contributed by atoms with van der Waals surface area (Å²) in [5.41, 5.74) is 7.79. The number of ether oxygens (including phenoxy) is 2. The molecule has 0 aliphatic carbocycles. The van der Waals surface area contributed by atoms with Crippen LogP contribution in [0, 0.1) is 13.8 Å². The molecule has 0 bridgehead atoms. The Labute approximate surface area is 118 Å². The van der Waals surface area contributed by atoms with Gasteiger partial charge in [0.15, 0.2) is 0 Å². The van der Waals surface area contributed by atoms with Crippen LogP contribution in [0.4, 0.5) is 5.95 Å². The third kappa shape index (κ3) is 3.34. The predicted octanol–water partition coefficient (Wildman–Crippen LogP) is 2.65. The third-order valence-corrected chi connectivity index (χ3v) is 2.71. The zero-order valence-corrected chi connectivity index (χ0v) is 12.0. The molecule has 2 N–H and O–H groups in total. The molecule has 0 unspecified atom stereocenters. The molecule has 0 saturated carbocycles. The molecule has 0 atom stereocenters. The number of anilines is 1. The fourth-order valence-electron chi connectivity index (χ4n) is 1.60. The van der Waals surface area contributed by atoms with E-state index in [0.29, 0.717) is 5.75 Å². The molecule has 2 aromatic rings. The van der Waals surface area contributed by atoms with E-state index in [9.17, 15) is 0 Å². The summed E-state index contributed by atoms with van der Waals surface area (Å²) in [5, 5.41) is 0. The van der Waals surface area contributed by atoms with E-state index in [1.165, 1.54) is 0 Å². The van der Waals surface area contributed by atoms with Gasteiger partial charge in [0, 0.05) is 0 Å². The van der Waals surface area contributed by atoms with E-state index in [2.05, 4.69) is 15.0 Å². The van der Waals surface area contributed by atoms with Crippen molar-refractivity contribution in [2.24, 2.45) is 0 Å². The average Bonchev–Trinajstić information content (AvgIpc) is 2.33. The summed E-state index contributed by atoms with van der Waals surface area (Å²) in [4.78, 5) is 12.0. The van der Waals surface area contributed by atoms with Crippen molar-refractivity contribution in [1.29, 1.82) is 0 Å². The Bertz CT molecular complexity index is 614. The first kappa shape index (κ1) is 14.0. The molecule has 0 saturated heterocycles. The van der Waals surface area contributed by atoms with Gasteiger partial charge in [-0.05, 0) is 44.9 Å². The number of nitrogen functional groups attached to an aromatic ring is 1. The molecular weight excluding hydrogens is 256 g/mol. The summed E-state index contributed by atoms with van der Waals surface area (Å²) in [6, 6.07) is 6.06. The van der Waals surface area contributed by atoms with Crippen molar-refractivity contribution >= 4 is 5.95 Å². The van der Waals surface area contributed by atoms with Crippen LogP contribution in [0.15, 0.2) is 18.2 Å². The molecule has 6 heteroatoms. The average molecular weight is 274 g/mol. The van der Waals surface area contributed by atoms with Crippen molar-refractivity contribution in [2.75, 3.05) is 5.73 Å². The number of hydrogen-bond acceptors (Lipinski definition) is 6. The topological polar surface area (TPSA) is 83.2 Å². The van der Waals surface area contributed by atoms with Gasteiger partial charge in [-0.15, -0.1) is 4.98 Å². The van der Waals surface area contributed by atoms with E-state index in [-0.39, 0.29) is 24.1 Å². The molecule has 20 heavy (non-hydrogen) atoms. The summed E-state index contributed by atoms with van der Waals surface area (Å²) in [6.07, 6.45) is -0.0506. The second-order valence-corrected chi connectivity index (χ2v) is 4.73. The molecule has 1 aromatic heterocycles. The van der Waals surface area contributed by atoms with E-state index in [0.717, 1.165) is 11.1 Å². The molecule has 0 radical (unpaired) electrons. The van der Waals surface area contributed by atoms with Crippen LogP contribution in [-0.4, -0.2) is 21.1 Å². The fraction of sp³-hybridized carbons (Fsp3) is 0.357. The van der Waals surface area contributed by atoms with Gasteiger partial charge in [-0.1, -0.05) is 12.1 Å². The lowest BCUT2D eigenvalue weighted by molar-refractivity contribution is 0.218. The molecule has 2 rings (SSSR count). The number of hydrogen-bond donors (Lipinski definition) is 1. The highest BCUT2D eigenvalue weighted by molar-refractivity contribution is 5.40. The third-order valence-electron chi connectivity index (χ3n) is 2.71. The minimum absolute atomic E-state index is 0.0506. The minimum Gasteiger partial charge on any atom is -0.461 e. The van der Waals surface area contributed by atoms with Crippen molar-refractivity contribution in [3.8, 4) is 17.8 Å². The Kier molecular flexibility index (Phi) is 4.02. The van der Waals surface area contributed by atoms with Gasteiger partial charge in [-0.2, -0.15) is 9.97 Å². The molecule has 0 spiro atoms. The fourth-order valence-corrected chi connectivity index (χ4v) is 1.60.